The van der Waals surface area contributed by atoms with E-state index in [4.69, 9.17) is 0 Å². The molecule has 184 valence electrons. The maximum absolute atomic E-state index is 12.7. The highest BCUT2D eigenvalue weighted by Gasteiger charge is 2.35. The first kappa shape index (κ1) is 26.0. The highest BCUT2D eigenvalue weighted by Crippen LogP contribution is 2.33. The SMILES string of the molecule is CN(C(=O)Nc1nc(OCC(F)(F)F)nc(OCC(F)(F)F)n1)C1=CC=C(C(F)(F)F)CC1. The molecule has 0 spiro atoms. The van der Waals surface area contributed by atoms with Crippen LogP contribution in [0.15, 0.2) is 23.4 Å². The van der Waals surface area contributed by atoms with Crippen LogP contribution in [0.3, 0.4) is 0 Å². The number of hydrogen-bond donors (Lipinski definition) is 1. The summed E-state index contributed by atoms with van der Waals surface area (Å²) in [5.41, 5.74) is -0.674. The molecule has 0 radical (unpaired) electrons. The van der Waals surface area contributed by atoms with Gasteiger partial charge in [-0.3, -0.25) is 5.32 Å². The minimum absolute atomic E-state index is 0.136. The number of urea groups is 1. The number of hydrogen-bond acceptors (Lipinski definition) is 6. The molecule has 8 nitrogen and oxygen atoms in total. The smallest absolute Gasteiger partial charge is 0.422 e. The molecule has 0 bridgehead atoms. The fourth-order valence-electron chi connectivity index (χ4n) is 2.27. The number of nitrogens with one attached hydrogen (secondary N) is 1. The molecule has 2 rings (SSSR count). The second-order valence-electron chi connectivity index (χ2n) is 6.37. The third-order valence-electron chi connectivity index (χ3n) is 3.77. The summed E-state index contributed by atoms with van der Waals surface area (Å²) >= 11 is 0. The van der Waals surface area contributed by atoms with Gasteiger partial charge in [0.1, 0.15) is 0 Å². The number of rotatable bonds is 6. The Balaban J connectivity index is 2.19. The summed E-state index contributed by atoms with van der Waals surface area (Å²) in [6.45, 7) is -3.80. The third kappa shape index (κ3) is 8.64. The molecule has 0 fully saturated rings. The Labute approximate surface area is 179 Å². The second-order valence-corrected chi connectivity index (χ2v) is 6.37. The van der Waals surface area contributed by atoms with Gasteiger partial charge in [0.15, 0.2) is 13.2 Å². The first-order valence-electron chi connectivity index (χ1n) is 8.70. The average Bonchev–Trinajstić information content (AvgIpc) is 2.68. The Bertz CT molecular complexity index is 889. The van der Waals surface area contributed by atoms with Crippen molar-refractivity contribution >= 4 is 12.0 Å². The van der Waals surface area contributed by atoms with Gasteiger partial charge in [-0.15, -0.1) is 4.98 Å². The number of anilines is 1. The molecule has 0 saturated heterocycles. The summed E-state index contributed by atoms with van der Waals surface area (Å²) in [4.78, 5) is 23.0. The fourth-order valence-corrected chi connectivity index (χ4v) is 2.27. The van der Waals surface area contributed by atoms with Crippen molar-refractivity contribution in [3.05, 3.63) is 23.4 Å². The number of aromatic nitrogens is 3. The first-order chi connectivity index (χ1) is 15.0. The van der Waals surface area contributed by atoms with E-state index in [0.29, 0.717) is 0 Å². The summed E-state index contributed by atoms with van der Waals surface area (Å²) < 4.78 is 121. The molecule has 1 aromatic rings. The normalized spacial score (nSPS) is 14.8. The van der Waals surface area contributed by atoms with Crippen LogP contribution in [0.25, 0.3) is 0 Å². The minimum atomic E-state index is -4.83. The molecule has 33 heavy (non-hydrogen) atoms. The molecule has 0 saturated carbocycles. The van der Waals surface area contributed by atoms with E-state index in [1.54, 1.807) is 0 Å². The van der Waals surface area contributed by atoms with E-state index >= 15 is 0 Å². The predicted octanol–water partition coefficient (Wildman–Crippen LogP) is 4.38. The molecule has 1 N–H and O–H groups in total. The Morgan fingerprint density at radius 1 is 0.909 bits per heavy atom. The van der Waals surface area contributed by atoms with E-state index in [1.165, 1.54) is 0 Å². The van der Waals surface area contributed by atoms with Gasteiger partial charge in [-0.25, -0.2) is 4.79 Å². The lowest BCUT2D eigenvalue weighted by Gasteiger charge is -2.24. The van der Waals surface area contributed by atoms with Crippen LogP contribution in [-0.4, -0.2) is 64.7 Å². The van der Waals surface area contributed by atoms with Gasteiger partial charge in [0.05, 0.1) is 0 Å². The van der Waals surface area contributed by atoms with Crippen LogP contribution in [0.5, 0.6) is 12.0 Å². The molecule has 1 aliphatic rings. The molecular formula is C16H14F9N5O3. The maximum Gasteiger partial charge on any atom is 0.422 e. The first-order valence-corrected chi connectivity index (χ1v) is 8.70. The molecule has 1 heterocycles. The van der Waals surface area contributed by atoms with Crippen LogP contribution in [0.2, 0.25) is 0 Å². The zero-order valence-electron chi connectivity index (χ0n) is 16.4. The lowest BCUT2D eigenvalue weighted by Crippen LogP contribution is -2.32. The van der Waals surface area contributed by atoms with Crippen molar-refractivity contribution in [1.29, 1.82) is 0 Å². The van der Waals surface area contributed by atoms with Gasteiger partial charge in [0, 0.05) is 18.3 Å². The highest BCUT2D eigenvalue weighted by molar-refractivity contribution is 5.88. The average molecular weight is 495 g/mol. The minimum Gasteiger partial charge on any atom is -0.454 e. The lowest BCUT2D eigenvalue weighted by molar-refractivity contribution is -0.156. The van der Waals surface area contributed by atoms with Gasteiger partial charge in [0.2, 0.25) is 5.95 Å². The van der Waals surface area contributed by atoms with Crippen LogP contribution in [0.1, 0.15) is 12.8 Å². The molecule has 0 unspecified atom stereocenters. The predicted molar refractivity (Wildman–Crippen MR) is 91.2 cm³/mol. The number of carbonyl (C=O) groups is 1. The van der Waals surface area contributed by atoms with Crippen molar-refractivity contribution in [3.8, 4) is 12.0 Å². The summed E-state index contributed by atoms with van der Waals surface area (Å²) in [6.07, 6.45) is -13.0. The lowest BCUT2D eigenvalue weighted by atomic mass is 10.0. The molecule has 0 aromatic carbocycles. The van der Waals surface area contributed by atoms with Gasteiger partial charge in [-0.2, -0.15) is 49.5 Å². The van der Waals surface area contributed by atoms with Crippen molar-refractivity contribution in [2.24, 2.45) is 0 Å². The van der Waals surface area contributed by atoms with Gasteiger partial charge >= 0.3 is 36.6 Å². The van der Waals surface area contributed by atoms with Crippen molar-refractivity contribution in [2.75, 3.05) is 25.6 Å². The molecule has 2 amide bonds. The Hall–Kier alpha value is -3.27. The van der Waals surface area contributed by atoms with E-state index in [1.807, 2.05) is 5.32 Å². The number of halogens is 9. The monoisotopic (exact) mass is 495 g/mol. The summed E-state index contributed by atoms with van der Waals surface area (Å²) in [7, 11) is 1.16. The van der Waals surface area contributed by atoms with E-state index < -0.39 is 67.7 Å². The summed E-state index contributed by atoms with van der Waals surface area (Å²) in [5, 5.41) is 1.97. The molecule has 1 aromatic heterocycles. The highest BCUT2D eigenvalue weighted by atomic mass is 19.4. The van der Waals surface area contributed by atoms with E-state index in [9.17, 15) is 44.3 Å². The van der Waals surface area contributed by atoms with Crippen molar-refractivity contribution in [1.82, 2.24) is 19.9 Å². The van der Waals surface area contributed by atoms with Gasteiger partial charge < -0.3 is 14.4 Å². The van der Waals surface area contributed by atoms with Crippen LogP contribution in [-0.2, 0) is 0 Å². The van der Waals surface area contributed by atoms with Crippen LogP contribution in [0.4, 0.5) is 50.3 Å². The fraction of sp³-hybridized carbons (Fsp3) is 0.500. The van der Waals surface area contributed by atoms with E-state index in [-0.39, 0.29) is 12.1 Å². The summed E-state index contributed by atoms with van der Waals surface area (Å²) in [6, 6.07) is -3.24. The molecule has 0 aliphatic heterocycles. The zero-order valence-corrected chi connectivity index (χ0v) is 16.4. The van der Waals surface area contributed by atoms with Gasteiger partial charge in [0.25, 0.3) is 0 Å². The van der Waals surface area contributed by atoms with Crippen LogP contribution >= 0.6 is 0 Å². The van der Waals surface area contributed by atoms with Crippen LogP contribution in [0, 0.1) is 0 Å². The standard InChI is InChI=1S/C16H14F9N5O3/c1-30(9-4-2-8(3-5-9)16(23,24)25)13(31)28-10-26-11(32-6-14(17,18)19)29-12(27-10)33-7-15(20,21)22/h2,4H,3,5-7H2,1H3,(H,26,27,28,29,31). The molecular weight excluding hydrogens is 481 g/mol. The summed E-state index contributed by atoms with van der Waals surface area (Å²) in [5.74, 6) is -0.820. The number of ether oxygens (including phenoxy) is 2. The van der Waals surface area contributed by atoms with Gasteiger partial charge in [-0.05, 0) is 18.9 Å². The van der Waals surface area contributed by atoms with Crippen molar-refractivity contribution < 1.29 is 53.8 Å². The topological polar surface area (TPSA) is 89.5 Å². The third-order valence-corrected chi connectivity index (χ3v) is 3.77. The Morgan fingerprint density at radius 3 is 1.82 bits per heavy atom. The Kier molecular flexibility index (Phi) is 7.64. The van der Waals surface area contributed by atoms with Crippen molar-refractivity contribution in [3.63, 3.8) is 0 Å². The number of alkyl halides is 9. The second kappa shape index (κ2) is 9.70. The number of amides is 2. The quantitative estimate of drug-likeness (QED) is 0.590. The molecule has 17 heteroatoms. The van der Waals surface area contributed by atoms with Gasteiger partial charge in [-0.1, -0.05) is 6.08 Å². The Morgan fingerprint density at radius 2 is 1.42 bits per heavy atom. The molecule has 0 atom stereocenters. The van der Waals surface area contributed by atoms with Crippen LogP contribution < -0.4 is 14.8 Å². The van der Waals surface area contributed by atoms with E-state index in [0.717, 1.165) is 24.1 Å². The van der Waals surface area contributed by atoms with Crippen molar-refractivity contribution in [2.45, 2.75) is 31.4 Å². The largest absolute Gasteiger partial charge is 0.454 e. The molecule has 1 aliphatic carbocycles. The number of carbonyl (C=O) groups excluding carboxylic acids is 1. The zero-order chi connectivity index (χ0) is 25.0. The number of allylic oxidation sites excluding steroid dienone is 4. The number of nitrogens with zero attached hydrogens (tertiary/aromatic N) is 4. The van der Waals surface area contributed by atoms with E-state index in [2.05, 4.69) is 24.4 Å². The maximum atomic E-state index is 12.7.